The molecular weight excluding hydrogens is 316 g/mol. The number of alkyl halides is 12. The SMILES string of the molecule is O=C(C(F)(F)F)C(F)(C(F)(F)F)C(F)(F)C(F)(F)F. The van der Waals surface area contributed by atoms with Crippen molar-refractivity contribution in [1.29, 1.82) is 0 Å². The number of halogens is 12. The molecule has 0 radical (unpaired) electrons. The van der Waals surface area contributed by atoms with Gasteiger partial charge in [0.25, 0.3) is 5.78 Å². The molecule has 0 aromatic rings. The van der Waals surface area contributed by atoms with Crippen LogP contribution in [0.15, 0.2) is 0 Å². The van der Waals surface area contributed by atoms with Crippen LogP contribution in [0.1, 0.15) is 0 Å². The topological polar surface area (TPSA) is 17.1 Å². The van der Waals surface area contributed by atoms with Crippen molar-refractivity contribution in [2.75, 3.05) is 0 Å². The highest BCUT2D eigenvalue weighted by Crippen LogP contribution is 2.54. The first kappa shape index (κ1) is 17.8. The van der Waals surface area contributed by atoms with Gasteiger partial charge in [-0.2, -0.15) is 48.3 Å². The normalized spacial score (nSPS) is 18.1. The Hall–Kier alpha value is -1.17. The van der Waals surface area contributed by atoms with Crippen molar-refractivity contribution in [2.24, 2.45) is 0 Å². The molecule has 0 bridgehead atoms. The summed E-state index contributed by atoms with van der Waals surface area (Å²) in [7, 11) is 0. The van der Waals surface area contributed by atoms with Gasteiger partial charge in [0.05, 0.1) is 0 Å². The highest BCUT2D eigenvalue weighted by atomic mass is 19.4. The summed E-state index contributed by atoms with van der Waals surface area (Å²) in [5, 5.41) is 0. The fraction of sp³-hybridized carbons (Fsp3) is 0.833. The second-order valence-electron chi connectivity index (χ2n) is 3.06. The molecule has 0 saturated heterocycles. The van der Waals surface area contributed by atoms with Gasteiger partial charge in [-0.15, -0.1) is 0 Å². The van der Waals surface area contributed by atoms with Crippen LogP contribution in [0.3, 0.4) is 0 Å². The van der Waals surface area contributed by atoms with Crippen molar-refractivity contribution in [3.05, 3.63) is 0 Å². The predicted molar refractivity (Wildman–Crippen MR) is 32.0 cm³/mol. The van der Waals surface area contributed by atoms with E-state index in [4.69, 9.17) is 0 Å². The van der Waals surface area contributed by atoms with Gasteiger partial charge in [0.1, 0.15) is 0 Å². The smallest absolute Gasteiger partial charge is 0.285 e. The van der Waals surface area contributed by atoms with E-state index in [1.807, 2.05) is 0 Å². The van der Waals surface area contributed by atoms with E-state index in [0.717, 1.165) is 0 Å². The molecule has 0 aromatic carbocycles. The zero-order valence-corrected chi connectivity index (χ0v) is 7.94. The van der Waals surface area contributed by atoms with Crippen molar-refractivity contribution in [3.8, 4) is 0 Å². The minimum Gasteiger partial charge on any atom is -0.285 e. The lowest BCUT2D eigenvalue weighted by Crippen LogP contribution is -2.68. The zero-order valence-electron chi connectivity index (χ0n) is 7.94. The van der Waals surface area contributed by atoms with Gasteiger partial charge in [0.15, 0.2) is 0 Å². The monoisotopic (exact) mass is 316 g/mol. The summed E-state index contributed by atoms with van der Waals surface area (Å²) in [4.78, 5) is 10.0. The lowest BCUT2D eigenvalue weighted by molar-refractivity contribution is -0.375. The fourth-order valence-electron chi connectivity index (χ4n) is 0.840. The zero-order chi connectivity index (χ0) is 16.1. The second kappa shape index (κ2) is 4.16. The number of rotatable bonds is 2. The van der Waals surface area contributed by atoms with Gasteiger partial charge in [0.2, 0.25) is 0 Å². The highest BCUT2D eigenvalue weighted by Gasteiger charge is 2.87. The maximum Gasteiger partial charge on any atom is 0.457 e. The minimum atomic E-state index is -7.61. The van der Waals surface area contributed by atoms with E-state index in [1.165, 1.54) is 0 Å². The predicted octanol–water partition coefficient (Wildman–Crippen LogP) is 3.59. The average Bonchev–Trinajstić information content (AvgIpc) is 2.09. The molecule has 1 nitrogen and oxygen atoms in total. The first-order valence-electron chi connectivity index (χ1n) is 3.72. The second-order valence-corrected chi connectivity index (χ2v) is 3.06. The third-order valence-corrected chi connectivity index (χ3v) is 1.75. The molecule has 0 aromatic heterocycles. The summed E-state index contributed by atoms with van der Waals surface area (Å²) in [6.45, 7) is 0. The van der Waals surface area contributed by atoms with Crippen molar-refractivity contribution in [1.82, 2.24) is 0 Å². The van der Waals surface area contributed by atoms with Crippen LogP contribution < -0.4 is 0 Å². The Labute approximate surface area is 94.7 Å². The molecule has 0 aliphatic heterocycles. The van der Waals surface area contributed by atoms with E-state index < -0.39 is 35.9 Å². The van der Waals surface area contributed by atoms with E-state index in [9.17, 15) is 57.5 Å². The molecule has 0 rings (SSSR count). The summed E-state index contributed by atoms with van der Waals surface area (Å²) in [6, 6.07) is 0. The molecule has 19 heavy (non-hydrogen) atoms. The summed E-state index contributed by atoms with van der Waals surface area (Å²) < 4.78 is 143. The summed E-state index contributed by atoms with van der Waals surface area (Å²) in [5.41, 5.74) is -7.46. The van der Waals surface area contributed by atoms with E-state index in [-0.39, 0.29) is 0 Å². The van der Waals surface area contributed by atoms with Crippen LogP contribution in [-0.2, 0) is 4.79 Å². The molecule has 13 heteroatoms. The highest BCUT2D eigenvalue weighted by molar-refractivity contribution is 5.94. The molecule has 0 heterocycles. The minimum absolute atomic E-state index is 4.89. The fourth-order valence-corrected chi connectivity index (χ4v) is 0.840. The van der Waals surface area contributed by atoms with E-state index >= 15 is 0 Å². The Balaban J connectivity index is 6.23. The molecule has 0 saturated carbocycles. The average molecular weight is 316 g/mol. The van der Waals surface area contributed by atoms with Crippen LogP contribution in [-0.4, -0.2) is 35.9 Å². The standard InChI is InChI=1S/C6F12O/c7-2(5(13,14)15,1(19)3(8,9)10)4(11,12)6(16,17)18. The number of carbonyl (C=O) groups is 1. The first-order chi connectivity index (χ1) is 7.90. The Bertz CT molecular complexity index is 358. The molecule has 1 atom stereocenters. The lowest BCUT2D eigenvalue weighted by Gasteiger charge is -2.34. The summed E-state index contributed by atoms with van der Waals surface area (Å²) in [6.07, 6.45) is -21.7. The van der Waals surface area contributed by atoms with Crippen LogP contribution in [0.4, 0.5) is 52.7 Å². The molecule has 0 aliphatic carbocycles. The van der Waals surface area contributed by atoms with Gasteiger partial charge in [-0.25, -0.2) is 4.39 Å². The van der Waals surface area contributed by atoms with Crippen molar-refractivity contribution < 1.29 is 57.5 Å². The summed E-state index contributed by atoms with van der Waals surface area (Å²) >= 11 is 0. The van der Waals surface area contributed by atoms with Gasteiger partial charge in [-0.1, -0.05) is 0 Å². The van der Waals surface area contributed by atoms with Crippen molar-refractivity contribution in [3.63, 3.8) is 0 Å². The number of carbonyl (C=O) groups excluding carboxylic acids is 1. The van der Waals surface area contributed by atoms with E-state index in [2.05, 4.69) is 0 Å². The number of Topliss-reactive ketones (excluding diaryl/α,β-unsaturated/α-hetero) is 1. The van der Waals surface area contributed by atoms with Crippen LogP contribution in [0.5, 0.6) is 0 Å². The van der Waals surface area contributed by atoms with Gasteiger partial charge in [-0.05, 0) is 0 Å². The van der Waals surface area contributed by atoms with E-state index in [0.29, 0.717) is 0 Å². The molecule has 1 unspecified atom stereocenters. The van der Waals surface area contributed by atoms with Crippen LogP contribution >= 0.6 is 0 Å². The molecular formula is C6F12O. The molecule has 0 fully saturated rings. The molecule has 0 amide bonds. The first-order valence-corrected chi connectivity index (χ1v) is 3.72. The van der Waals surface area contributed by atoms with Gasteiger partial charge >= 0.3 is 30.1 Å². The Morgan fingerprint density at radius 2 is 0.895 bits per heavy atom. The number of hydrogen-bond donors (Lipinski definition) is 0. The van der Waals surface area contributed by atoms with Gasteiger partial charge in [-0.3, -0.25) is 4.79 Å². The maximum absolute atomic E-state index is 12.8. The van der Waals surface area contributed by atoms with E-state index in [1.54, 1.807) is 0 Å². The third kappa shape index (κ3) is 2.59. The Morgan fingerprint density at radius 1 is 0.579 bits per heavy atom. The molecule has 0 spiro atoms. The number of hydrogen-bond acceptors (Lipinski definition) is 1. The quantitative estimate of drug-likeness (QED) is 0.712. The van der Waals surface area contributed by atoms with Gasteiger partial charge < -0.3 is 0 Å². The Morgan fingerprint density at radius 3 is 1.05 bits per heavy atom. The molecule has 0 N–H and O–H groups in total. The van der Waals surface area contributed by atoms with Crippen molar-refractivity contribution >= 4 is 5.78 Å². The number of ketones is 1. The van der Waals surface area contributed by atoms with Gasteiger partial charge in [0, 0.05) is 0 Å². The maximum atomic E-state index is 12.8. The summed E-state index contributed by atoms with van der Waals surface area (Å²) in [5.74, 6) is -12.5. The molecule has 114 valence electrons. The lowest BCUT2D eigenvalue weighted by atomic mass is 9.90. The largest absolute Gasteiger partial charge is 0.457 e. The molecule has 0 aliphatic rings. The van der Waals surface area contributed by atoms with Crippen LogP contribution in [0.25, 0.3) is 0 Å². The van der Waals surface area contributed by atoms with Crippen LogP contribution in [0.2, 0.25) is 0 Å². The third-order valence-electron chi connectivity index (χ3n) is 1.75. The Kier molecular flexibility index (Phi) is 3.91. The van der Waals surface area contributed by atoms with Crippen molar-refractivity contribution in [2.45, 2.75) is 30.1 Å². The van der Waals surface area contributed by atoms with Crippen LogP contribution in [0, 0.1) is 0 Å².